The summed E-state index contributed by atoms with van der Waals surface area (Å²) in [5.74, 6) is 0.716. The number of benzene rings is 1. The number of nitrogens with one attached hydrogen (secondary N) is 2. The number of rotatable bonds is 6. The van der Waals surface area contributed by atoms with Crippen LogP contribution in [0.4, 0.5) is 5.69 Å². The average molecular weight is 232 g/mol. The second-order valence-corrected chi connectivity index (χ2v) is 5.05. The Labute approximate surface area is 105 Å². The van der Waals surface area contributed by atoms with Crippen molar-refractivity contribution in [2.24, 2.45) is 5.92 Å². The summed E-state index contributed by atoms with van der Waals surface area (Å²) < 4.78 is 0. The van der Waals surface area contributed by atoms with Gasteiger partial charge in [-0.15, -0.1) is 0 Å². The molecule has 0 radical (unpaired) electrons. The molecule has 1 unspecified atom stereocenters. The van der Waals surface area contributed by atoms with E-state index in [9.17, 15) is 0 Å². The van der Waals surface area contributed by atoms with E-state index in [2.05, 4.69) is 35.8 Å². The molecular formula is C15H24N2. The van der Waals surface area contributed by atoms with Gasteiger partial charge in [-0.3, -0.25) is 0 Å². The van der Waals surface area contributed by atoms with E-state index in [0.29, 0.717) is 5.92 Å². The van der Waals surface area contributed by atoms with E-state index in [1.165, 1.54) is 31.4 Å². The van der Waals surface area contributed by atoms with Gasteiger partial charge in [-0.1, -0.05) is 19.4 Å². The minimum absolute atomic E-state index is 0.716. The highest BCUT2D eigenvalue weighted by Crippen LogP contribution is 2.24. The minimum atomic E-state index is 0.716. The SMILES string of the molecule is CCC(CNC)CNc1ccc2c(c1)CCC2. The van der Waals surface area contributed by atoms with Crippen molar-refractivity contribution in [2.45, 2.75) is 32.6 Å². The first kappa shape index (κ1) is 12.4. The van der Waals surface area contributed by atoms with Crippen molar-refractivity contribution in [3.8, 4) is 0 Å². The summed E-state index contributed by atoms with van der Waals surface area (Å²) in [4.78, 5) is 0. The molecule has 2 rings (SSSR count). The van der Waals surface area contributed by atoms with Gasteiger partial charge in [0.1, 0.15) is 0 Å². The van der Waals surface area contributed by atoms with Gasteiger partial charge < -0.3 is 10.6 Å². The third-order valence-electron chi connectivity index (χ3n) is 3.76. The van der Waals surface area contributed by atoms with Gasteiger partial charge in [0.25, 0.3) is 0 Å². The van der Waals surface area contributed by atoms with Crippen LogP contribution in [-0.2, 0) is 12.8 Å². The van der Waals surface area contributed by atoms with Crippen LogP contribution in [0.5, 0.6) is 0 Å². The summed E-state index contributed by atoms with van der Waals surface area (Å²) in [6.07, 6.45) is 5.08. The average Bonchev–Trinajstić information content (AvgIpc) is 2.81. The maximum Gasteiger partial charge on any atom is 0.0343 e. The minimum Gasteiger partial charge on any atom is -0.385 e. The van der Waals surface area contributed by atoms with Gasteiger partial charge in [0.2, 0.25) is 0 Å². The maximum absolute atomic E-state index is 3.57. The smallest absolute Gasteiger partial charge is 0.0343 e. The molecule has 1 aliphatic rings. The Morgan fingerprint density at radius 1 is 1.18 bits per heavy atom. The van der Waals surface area contributed by atoms with Crippen LogP contribution in [0.3, 0.4) is 0 Å². The molecule has 0 saturated heterocycles. The highest BCUT2D eigenvalue weighted by atomic mass is 14.9. The van der Waals surface area contributed by atoms with Gasteiger partial charge in [0.15, 0.2) is 0 Å². The summed E-state index contributed by atoms with van der Waals surface area (Å²) in [5.41, 5.74) is 4.40. The maximum atomic E-state index is 3.57. The van der Waals surface area contributed by atoms with Gasteiger partial charge in [-0.2, -0.15) is 0 Å². The van der Waals surface area contributed by atoms with Gasteiger partial charge in [-0.05, 0) is 62.0 Å². The van der Waals surface area contributed by atoms with E-state index >= 15 is 0 Å². The van der Waals surface area contributed by atoms with Crippen LogP contribution in [0, 0.1) is 5.92 Å². The molecule has 2 N–H and O–H groups in total. The van der Waals surface area contributed by atoms with Crippen LogP contribution < -0.4 is 10.6 Å². The zero-order chi connectivity index (χ0) is 12.1. The molecule has 0 aliphatic heterocycles. The summed E-state index contributed by atoms with van der Waals surface area (Å²) in [5, 5.41) is 6.83. The number of hydrogen-bond acceptors (Lipinski definition) is 2. The highest BCUT2D eigenvalue weighted by molar-refractivity contribution is 5.50. The molecule has 17 heavy (non-hydrogen) atoms. The molecule has 1 aliphatic carbocycles. The lowest BCUT2D eigenvalue weighted by Gasteiger charge is -2.16. The van der Waals surface area contributed by atoms with Gasteiger partial charge in [-0.25, -0.2) is 0 Å². The molecule has 0 fully saturated rings. The van der Waals surface area contributed by atoms with Crippen molar-refractivity contribution in [2.75, 3.05) is 25.5 Å². The molecule has 94 valence electrons. The van der Waals surface area contributed by atoms with Crippen LogP contribution in [-0.4, -0.2) is 20.1 Å². The van der Waals surface area contributed by atoms with E-state index in [1.807, 2.05) is 7.05 Å². The van der Waals surface area contributed by atoms with Crippen LogP contribution in [0.15, 0.2) is 18.2 Å². The number of fused-ring (bicyclic) bond motifs is 1. The Kier molecular flexibility index (Phi) is 4.43. The molecule has 2 heteroatoms. The molecule has 1 aromatic rings. The van der Waals surface area contributed by atoms with Crippen molar-refractivity contribution in [1.82, 2.24) is 5.32 Å². The Balaban J connectivity index is 1.90. The van der Waals surface area contributed by atoms with E-state index in [4.69, 9.17) is 0 Å². The second kappa shape index (κ2) is 6.06. The lowest BCUT2D eigenvalue weighted by atomic mass is 10.1. The van der Waals surface area contributed by atoms with Crippen molar-refractivity contribution in [3.05, 3.63) is 29.3 Å². The van der Waals surface area contributed by atoms with E-state index in [1.54, 1.807) is 11.1 Å². The van der Waals surface area contributed by atoms with Crippen LogP contribution >= 0.6 is 0 Å². The van der Waals surface area contributed by atoms with E-state index in [-0.39, 0.29) is 0 Å². The Hall–Kier alpha value is -1.02. The normalized spacial score (nSPS) is 15.6. The number of aryl methyl sites for hydroxylation is 2. The predicted molar refractivity (Wildman–Crippen MR) is 74.7 cm³/mol. The molecular weight excluding hydrogens is 208 g/mol. The number of anilines is 1. The standard InChI is InChI=1S/C15H24N2/c1-3-12(10-16-2)11-17-15-8-7-13-5-4-6-14(13)9-15/h7-9,12,16-17H,3-6,10-11H2,1-2H3. The molecule has 1 aromatic carbocycles. The first-order chi connectivity index (χ1) is 8.33. The summed E-state index contributed by atoms with van der Waals surface area (Å²) in [6, 6.07) is 6.87. The molecule has 1 atom stereocenters. The summed E-state index contributed by atoms with van der Waals surface area (Å²) in [7, 11) is 2.03. The Bertz CT molecular complexity index is 360. The molecule has 0 bridgehead atoms. The first-order valence-corrected chi connectivity index (χ1v) is 6.83. The fourth-order valence-corrected chi connectivity index (χ4v) is 2.59. The molecule has 2 nitrogen and oxygen atoms in total. The highest BCUT2D eigenvalue weighted by Gasteiger charge is 2.11. The number of hydrogen-bond donors (Lipinski definition) is 2. The van der Waals surface area contributed by atoms with E-state index < -0.39 is 0 Å². The first-order valence-electron chi connectivity index (χ1n) is 6.83. The third-order valence-corrected chi connectivity index (χ3v) is 3.76. The Morgan fingerprint density at radius 2 is 2.00 bits per heavy atom. The second-order valence-electron chi connectivity index (χ2n) is 5.05. The summed E-state index contributed by atoms with van der Waals surface area (Å²) >= 11 is 0. The van der Waals surface area contributed by atoms with Crippen LogP contribution in [0.2, 0.25) is 0 Å². The van der Waals surface area contributed by atoms with E-state index in [0.717, 1.165) is 13.1 Å². The van der Waals surface area contributed by atoms with Crippen molar-refractivity contribution in [1.29, 1.82) is 0 Å². The van der Waals surface area contributed by atoms with Crippen molar-refractivity contribution >= 4 is 5.69 Å². The molecule has 0 heterocycles. The lowest BCUT2D eigenvalue weighted by molar-refractivity contribution is 0.506. The topological polar surface area (TPSA) is 24.1 Å². The predicted octanol–water partition coefficient (Wildman–Crippen LogP) is 2.83. The van der Waals surface area contributed by atoms with Crippen LogP contribution in [0.1, 0.15) is 30.9 Å². The van der Waals surface area contributed by atoms with Crippen molar-refractivity contribution in [3.63, 3.8) is 0 Å². The van der Waals surface area contributed by atoms with Crippen LogP contribution in [0.25, 0.3) is 0 Å². The zero-order valence-corrected chi connectivity index (χ0v) is 11.1. The Morgan fingerprint density at radius 3 is 2.76 bits per heavy atom. The monoisotopic (exact) mass is 232 g/mol. The molecule has 0 aromatic heterocycles. The van der Waals surface area contributed by atoms with Crippen molar-refractivity contribution < 1.29 is 0 Å². The molecule has 0 spiro atoms. The molecule has 0 saturated carbocycles. The van der Waals surface area contributed by atoms with Gasteiger partial charge in [0, 0.05) is 12.2 Å². The quantitative estimate of drug-likeness (QED) is 0.788. The summed E-state index contributed by atoms with van der Waals surface area (Å²) in [6.45, 7) is 4.41. The largest absolute Gasteiger partial charge is 0.385 e. The van der Waals surface area contributed by atoms with Gasteiger partial charge in [0.05, 0.1) is 0 Å². The third kappa shape index (κ3) is 3.22. The fourth-order valence-electron chi connectivity index (χ4n) is 2.59. The zero-order valence-electron chi connectivity index (χ0n) is 11.1. The lowest BCUT2D eigenvalue weighted by Crippen LogP contribution is -2.24. The van der Waals surface area contributed by atoms with Gasteiger partial charge >= 0.3 is 0 Å². The fraction of sp³-hybridized carbons (Fsp3) is 0.600. The molecule has 0 amide bonds.